The molecule has 2 aliphatic heterocycles. The fraction of sp³-hybridized carbons (Fsp3) is 0.333. The van der Waals surface area contributed by atoms with E-state index in [2.05, 4.69) is 10.3 Å². The number of aromatic nitrogens is 1. The van der Waals surface area contributed by atoms with Crippen LogP contribution in [0.4, 0.5) is 10.5 Å². The Bertz CT molecular complexity index is 1240. The summed E-state index contributed by atoms with van der Waals surface area (Å²) in [5, 5.41) is 4.21. The van der Waals surface area contributed by atoms with Crippen LogP contribution in [0.3, 0.4) is 0 Å². The molecule has 172 valence electrons. The van der Waals surface area contributed by atoms with Crippen LogP contribution in [0.15, 0.2) is 47.3 Å². The van der Waals surface area contributed by atoms with Crippen LogP contribution < -0.4 is 20.3 Å². The average Bonchev–Trinajstić information content (AvgIpc) is 3.31. The minimum atomic E-state index is -0.325. The second-order valence-corrected chi connectivity index (χ2v) is 8.60. The summed E-state index contributed by atoms with van der Waals surface area (Å²) >= 11 is 6.05. The Balaban J connectivity index is 1.42. The molecule has 8 nitrogen and oxygen atoms in total. The van der Waals surface area contributed by atoms with Gasteiger partial charge < -0.3 is 29.4 Å². The fourth-order valence-corrected chi connectivity index (χ4v) is 4.32. The number of nitrogens with zero attached hydrogens (tertiary/aromatic N) is 1. The first-order valence-corrected chi connectivity index (χ1v) is 11.3. The molecule has 0 radical (unpaired) electrons. The van der Waals surface area contributed by atoms with Crippen LogP contribution >= 0.6 is 11.6 Å². The number of nitrogens with one attached hydrogen (secondary N) is 2. The highest BCUT2D eigenvalue weighted by Gasteiger charge is 2.24. The van der Waals surface area contributed by atoms with E-state index >= 15 is 0 Å². The van der Waals surface area contributed by atoms with Gasteiger partial charge in [0.25, 0.3) is 5.56 Å². The second kappa shape index (κ2) is 9.33. The van der Waals surface area contributed by atoms with Gasteiger partial charge in [0, 0.05) is 40.9 Å². The maximum absolute atomic E-state index is 13.1. The number of aromatic amines is 1. The predicted molar refractivity (Wildman–Crippen MR) is 125 cm³/mol. The molecule has 1 atom stereocenters. The third-order valence-electron chi connectivity index (χ3n) is 5.76. The molecule has 1 aromatic heterocycles. The van der Waals surface area contributed by atoms with Crippen molar-refractivity contribution in [1.82, 2.24) is 9.88 Å². The van der Waals surface area contributed by atoms with Gasteiger partial charge in [-0.25, -0.2) is 4.79 Å². The van der Waals surface area contributed by atoms with E-state index in [4.69, 9.17) is 25.8 Å². The van der Waals surface area contributed by atoms with Crippen molar-refractivity contribution in [2.24, 2.45) is 0 Å². The Labute approximate surface area is 195 Å². The van der Waals surface area contributed by atoms with Crippen LogP contribution in [-0.4, -0.2) is 48.4 Å². The number of halogens is 1. The van der Waals surface area contributed by atoms with Gasteiger partial charge in [-0.2, -0.15) is 0 Å². The van der Waals surface area contributed by atoms with E-state index in [1.54, 1.807) is 41.3 Å². The Morgan fingerprint density at radius 2 is 1.94 bits per heavy atom. The number of rotatable bonds is 5. The van der Waals surface area contributed by atoms with Gasteiger partial charge in [-0.15, -0.1) is 0 Å². The van der Waals surface area contributed by atoms with E-state index in [0.29, 0.717) is 59.7 Å². The highest BCUT2D eigenvalue weighted by atomic mass is 35.5. The molecule has 0 bridgehead atoms. The van der Waals surface area contributed by atoms with Crippen LogP contribution in [0.2, 0.25) is 5.02 Å². The van der Waals surface area contributed by atoms with Gasteiger partial charge >= 0.3 is 6.03 Å². The normalized spacial score (nSPS) is 17.2. The molecule has 2 aliphatic rings. The second-order valence-electron chi connectivity index (χ2n) is 8.16. The number of pyridine rings is 1. The molecule has 3 aromatic rings. The van der Waals surface area contributed by atoms with E-state index in [1.807, 2.05) is 6.07 Å². The van der Waals surface area contributed by atoms with Gasteiger partial charge in [-0.1, -0.05) is 17.7 Å². The third kappa shape index (κ3) is 4.91. The zero-order valence-corrected chi connectivity index (χ0v) is 18.7. The molecule has 33 heavy (non-hydrogen) atoms. The van der Waals surface area contributed by atoms with Crippen molar-refractivity contribution in [1.29, 1.82) is 0 Å². The largest absolute Gasteiger partial charge is 0.486 e. The van der Waals surface area contributed by atoms with Gasteiger partial charge in [0.15, 0.2) is 11.5 Å². The molecule has 9 heteroatoms. The Hall–Kier alpha value is -3.23. The van der Waals surface area contributed by atoms with E-state index < -0.39 is 0 Å². The monoisotopic (exact) mass is 469 g/mol. The maximum atomic E-state index is 13.1. The summed E-state index contributed by atoms with van der Waals surface area (Å²) in [5.41, 5.74) is 1.45. The van der Waals surface area contributed by atoms with Crippen molar-refractivity contribution >= 4 is 34.2 Å². The summed E-state index contributed by atoms with van der Waals surface area (Å²) in [5.74, 6) is 1.25. The Morgan fingerprint density at radius 3 is 2.70 bits per heavy atom. The Morgan fingerprint density at radius 1 is 1.12 bits per heavy atom. The zero-order valence-electron chi connectivity index (χ0n) is 17.9. The number of benzene rings is 2. The highest BCUT2D eigenvalue weighted by molar-refractivity contribution is 6.30. The smallest absolute Gasteiger partial charge is 0.322 e. The van der Waals surface area contributed by atoms with Crippen molar-refractivity contribution < 1.29 is 19.0 Å². The SMILES string of the molecule is O=C(Nc1cccc(Cl)c1)N(Cc1cc2cc3c(cc2[nH]c1=O)OCCO3)C[C@@H]1CCCO1. The average molecular weight is 470 g/mol. The minimum absolute atomic E-state index is 0.0628. The van der Waals surface area contributed by atoms with Crippen LogP contribution in [-0.2, 0) is 11.3 Å². The molecular weight excluding hydrogens is 446 g/mol. The lowest BCUT2D eigenvalue weighted by Crippen LogP contribution is -2.40. The van der Waals surface area contributed by atoms with Crippen LogP contribution in [0, 0.1) is 0 Å². The Kier molecular flexibility index (Phi) is 6.11. The van der Waals surface area contributed by atoms with Crippen molar-refractivity contribution in [3.63, 3.8) is 0 Å². The number of fused-ring (bicyclic) bond motifs is 2. The van der Waals surface area contributed by atoms with E-state index in [-0.39, 0.29) is 24.2 Å². The summed E-state index contributed by atoms with van der Waals surface area (Å²) < 4.78 is 17.0. The number of carbonyl (C=O) groups excluding carboxylic acids is 1. The van der Waals surface area contributed by atoms with Gasteiger partial charge in [0.2, 0.25) is 0 Å². The van der Waals surface area contributed by atoms with E-state index in [9.17, 15) is 9.59 Å². The van der Waals surface area contributed by atoms with Gasteiger partial charge in [-0.3, -0.25) is 4.79 Å². The van der Waals surface area contributed by atoms with Crippen LogP contribution in [0.5, 0.6) is 11.5 Å². The summed E-state index contributed by atoms with van der Waals surface area (Å²) in [7, 11) is 0. The quantitative estimate of drug-likeness (QED) is 0.585. The molecule has 0 unspecified atom stereocenters. The number of carbonyl (C=O) groups is 1. The molecular formula is C24H24ClN3O5. The molecule has 0 spiro atoms. The predicted octanol–water partition coefficient (Wildman–Crippen LogP) is 4.17. The first-order valence-electron chi connectivity index (χ1n) is 10.9. The molecule has 3 heterocycles. The number of hydrogen-bond acceptors (Lipinski definition) is 5. The topological polar surface area (TPSA) is 92.9 Å². The van der Waals surface area contributed by atoms with Crippen molar-refractivity contribution in [3.8, 4) is 11.5 Å². The fourth-order valence-electron chi connectivity index (χ4n) is 4.13. The first kappa shape index (κ1) is 21.6. The van der Waals surface area contributed by atoms with Gasteiger partial charge in [-0.05, 0) is 43.2 Å². The summed E-state index contributed by atoms with van der Waals surface area (Å²) in [6, 6.07) is 12.0. The van der Waals surface area contributed by atoms with Crippen LogP contribution in [0.1, 0.15) is 18.4 Å². The summed E-state index contributed by atoms with van der Waals surface area (Å²) in [6.45, 7) is 2.14. The molecule has 1 saturated heterocycles. The summed E-state index contributed by atoms with van der Waals surface area (Å²) in [6.07, 6.45) is 1.77. The highest BCUT2D eigenvalue weighted by Crippen LogP contribution is 2.33. The third-order valence-corrected chi connectivity index (χ3v) is 5.99. The standard InChI is InChI=1S/C24H24ClN3O5/c25-17-3-1-4-18(11-17)26-24(30)28(14-19-5-2-6-31-19)13-16-9-15-10-21-22(33-8-7-32-21)12-20(15)27-23(16)29/h1,3-4,9-12,19H,2,5-8,13-14H2,(H,26,30)(H,27,29)/t19-/m0/s1. The van der Waals surface area contributed by atoms with E-state index in [0.717, 1.165) is 18.2 Å². The van der Waals surface area contributed by atoms with Crippen molar-refractivity contribution in [3.05, 3.63) is 63.4 Å². The molecule has 2 aromatic carbocycles. The lowest BCUT2D eigenvalue weighted by Gasteiger charge is -2.26. The first-order chi connectivity index (χ1) is 16.0. The molecule has 2 amide bonds. The lowest BCUT2D eigenvalue weighted by molar-refractivity contribution is 0.0818. The van der Waals surface area contributed by atoms with Gasteiger partial charge in [0.05, 0.1) is 18.2 Å². The van der Waals surface area contributed by atoms with Crippen molar-refractivity contribution in [2.75, 3.05) is 31.7 Å². The molecule has 5 rings (SSSR count). The molecule has 2 N–H and O–H groups in total. The number of urea groups is 1. The van der Waals surface area contributed by atoms with Crippen LogP contribution in [0.25, 0.3) is 10.9 Å². The number of H-pyrrole nitrogens is 1. The minimum Gasteiger partial charge on any atom is -0.486 e. The molecule has 0 saturated carbocycles. The maximum Gasteiger partial charge on any atom is 0.322 e. The molecule has 0 aliphatic carbocycles. The number of anilines is 1. The van der Waals surface area contributed by atoms with Crippen molar-refractivity contribution in [2.45, 2.75) is 25.5 Å². The number of hydrogen-bond donors (Lipinski definition) is 2. The lowest BCUT2D eigenvalue weighted by atomic mass is 10.1. The number of amides is 2. The van der Waals surface area contributed by atoms with E-state index in [1.165, 1.54) is 0 Å². The molecule has 1 fully saturated rings. The zero-order chi connectivity index (χ0) is 22.8. The number of ether oxygens (including phenoxy) is 3. The summed E-state index contributed by atoms with van der Waals surface area (Å²) in [4.78, 5) is 30.5. The van der Waals surface area contributed by atoms with Gasteiger partial charge in [0.1, 0.15) is 13.2 Å².